The molecule has 0 aromatic heterocycles. The molecular formula is C13H18O4. The van der Waals surface area contributed by atoms with Crippen molar-refractivity contribution in [3.8, 4) is 17.2 Å². The van der Waals surface area contributed by atoms with Gasteiger partial charge in [-0.2, -0.15) is 0 Å². The number of aromatic hydroxyl groups is 3. The van der Waals surface area contributed by atoms with Crippen molar-refractivity contribution in [1.82, 2.24) is 0 Å². The lowest BCUT2D eigenvalue weighted by Crippen LogP contribution is -2.01. The van der Waals surface area contributed by atoms with Crippen LogP contribution in [0.4, 0.5) is 0 Å². The molecule has 0 saturated carbocycles. The molecule has 0 heterocycles. The zero-order chi connectivity index (χ0) is 13.0. The van der Waals surface area contributed by atoms with Crippen molar-refractivity contribution in [3.05, 3.63) is 17.2 Å². The highest BCUT2D eigenvalue weighted by Gasteiger charge is 2.20. The lowest BCUT2D eigenvalue weighted by Gasteiger charge is -2.10. The minimum absolute atomic E-state index is 0.0867. The molecule has 4 nitrogen and oxygen atoms in total. The summed E-state index contributed by atoms with van der Waals surface area (Å²) in [6.45, 7) is 3.52. The molecule has 0 atom stereocenters. The van der Waals surface area contributed by atoms with Gasteiger partial charge in [0.25, 0.3) is 0 Å². The number of hydrogen-bond acceptors (Lipinski definition) is 4. The standard InChI is InChI=1S/C13H18O4/c1-3-4-5-6-9(14)12-11(16)7-10(15)8(2)13(12)17/h7,15-17H,3-6H2,1-2H3. The van der Waals surface area contributed by atoms with Crippen molar-refractivity contribution in [2.45, 2.75) is 39.5 Å². The second-order valence-corrected chi connectivity index (χ2v) is 4.14. The fraction of sp³-hybridized carbons (Fsp3) is 0.462. The first kappa shape index (κ1) is 13.4. The number of phenols is 3. The van der Waals surface area contributed by atoms with E-state index in [1.165, 1.54) is 6.92 Å². The van der Waals surface area contributed by atoms with E-state index in [1.54, 1.807) is 0 Å². The number of Topliss-reactive ketones (excluding diaryl/α,β-unsaturated/α-hetero) is 1. The van der Waals surface area contributed by atoms with Crippen LogP contribution in [0, 0.1) is 6.92 Å². The number of unbranched alkanes of at least 4 members (excludes halogenated alkanes) is 2. The highest BCUT2D eigenvalue weighted by molar-refractivity contribution is 6.01. The van der Waals surface area contributed by atoms with Crippen LogP contribution in [0.3, 0.4) is 0 Å². The van der Waals surface area contributed by atoms with Crippen LogP contribution in [0.5, 0.6) is 17.2 Å². The summed E-state index contributed by atoms with van der Waals surface area (Å²) in [6.07, 6.45) is 2.96. The molecule has 0 fully saturated rings. The summed E-state index contributed by atoms with van der Waals surface area (Å²) in [7, 11) is 0. The molecule has 0 aliphatic carbocycles. The minimum atomic E-state index is -0.368. The number of benzene rings is 1. The van der Waals surface area contributed by atoms with E-state index in [-0.39, 0.29) is 34.2 Å². The molecule has 17 heavy (non-hydrogen) atoms. The van der Waals surface area contributed by atoms with Gasteiger partial charge in [-0.15, -0.1) is 0 Å². The van der Waals surface area contributed by atoms with Crippen LogP contribution >= 0.6 is 0 Å². The topological polar surface area (TPSA) is 77.8 Å². The highest BCUT2D eigenvalue weighted by Crippen LogP contribution is 2.37. The monoisotopic (exact) mass is 238 g/mol. The Hall–Kier alpha value is -1.71. The molecule has 3 N–H and O–H groups in total. The summed E-state index contributed by atoms with van der Waals surface area (Å²) in [5.41, 5.74) is 0.123. The minimum Gasteiger partial charge on any atom is -0.507 e. The maximum atomic E-state index is 11.8. The molecule has 1 rings (SSSR count). The average molecular weight is 238 g/mol. The third kappa shape index (κ3) is 2.90. The van der Waals surface area contributed by atoms with E-state index < -0.39 is 0 Å². The van der Waals surface area contributed by atoms with Crippen LogP contribution in [-0.4, -0.2) is 21.1 Å². The summed E-state index contributed by atoms with van der Waals surface area (Å²) in [5.74, 6) is -1.21. The molecule has 1 aromatic carbocycles. The Morgan fingerprint density at radius 2 is 1.82 bits per heavy atom. The molecular weight excluding hydrogens is 220 g/mol. The van der Waals surface area contributed by atoms with Crippen LogP contribution < -0.4 is 0 Å². The van der Waals surface area contributed by atoms with E-state index in [9.17, 15) is 20.1 Å². The lowest BCUT2D eigenvalue weighted by atomic mass is 10.00. The molecule has 94 valence electrons. The summed E-state index contributed by atoms with van der Waals surface area (Å²) >= 11 is 0. The third-order valence-electron chi connectivity index (χ3n) is 2.79. The van der Waals surface area contributed by atoms with Gasteiger partial charge in [0.05, 0.1) is 0 Å². The fourth-order valence-corrected chi connectivity index (χ4v) is 1.68. The molecule has 0 radical (unpaired) electrons. The molecule has 0 aliphatic heterocycles. The smallest absolute Gasteiger partial charge is 0.170 e. The second kappa shape index (κ2) is 5.57. The zero-order valence-corrected chi connectivity index (χ0v) is 10.2. The van der Waals surface area contributed by atoms with Crippen molar-refractivity contribution in [3.63, 3.8) is 0 Å². The van der Waals surface area contributed by atoms with Crippen molar-refractivity contribution >= 4 is 5.78 Å². The van der Waals surface area contributed by atoms with Gasteiger partial charge in [0, 0.05) is 18.1 Å². The number of phenolic OH excluding ortho intramolecular Hbond substituents is 3. The molecule has 0 spiro atoms. The van der Waals surface area contributed by atoms with Gasteiger partial charge in [-0.3, -0.25) is 4.79 Å². The molecule has 0 aliphatic rings. The Bertz CT molecular complexity index is 424. The van der Waals surface area contributed by atoms with Gasteiger partial charge < -0.3 is 15.3 Å². The Kier molecular flexibility index (Phi) is 4.37. The molecule has 0 bridgehead atoms. The van der Waals surface area contributed by atoms with Crippen LogP contribution in [0.1, 0.15) is 48.5 Å². The van der Waals surface area contributed by atoms with Crippen molar-refractivity contribution in [2.75, 3.05) is 0 Å². The van der Waals surface area contributed by atoms with Crippen molar-refractivity contribution < 1.29 is 20.1 Å². The van der Waals surface area contributed by atoms with Gasteiger partial charge >= 0.3 is 0 Å². The van der Waals surface area contributed by atoms with Gasteiger partial charge in [-0.1, -0.05) is 19.8 Å². The van der Waals surface area contributed by atoms with Gasteiger partial charge in [0.2, 0.25) is 0 Å². The van der Waals surface area contributed by atoms with E-state index in [0.717, 1.165) is 25.3 Å². The third-order valence-corrected chi connectivity index (χ3v) is 2.79. The molecule has 1 aromatic rings. The van der Waals surface area contributed by atoms with Gasteiger partial charge in [-0.25, -0.2) is 0 Å². The van der Waals surface area contributed by atoms with Gasteiger partial charge in [-0.05, 0) is 13.3 Å². The average Bonchev–Trinajstić information content (AvgIpc) is 2.26. The Balaban J connectivity index is 2.97. The van der Waals surface area contributed by atoms with E-state index >= 15 is 0 Å². The van der Waals surface area contributed by atoms with E-state index in [0.29, 0.717) is 6.42 Å². The first-order valence-electron chi connectivity index (χ1n) is 5.76. The second-order valence-electron chi connectivity index (χ2n) is 4.14. The summed E-state index contributed by atoms with van der Waals surface area (Å²) in [6, 6.07) is 1.09. The van der Waals surface area contributed by atoms with E-state index in [4.69, 9.17) is 0 Å². The maximum Gasteiger partial charge on any atom is 0.170 e. The number of rotatable bonds is 5. The van der Waals surface area contributed by atoms with Crippen molar-refractivity contribution in [1.29, 1.82) is 0 Å². The van der Waals surface area contributed by atoms with E-state index in [1.807, 2.05) is 6.92 Å². The number of hydrogen-bond donors (Lipinski definition) is 3. The van der Waals surface area contributed by atoms with Crippen LogP contribution in [0.15, 0.2) is 6.07 Å². The van der Waals surface area contributed by atoms with Crippen LogP contribution in [-0.2, 0) is 0 Å². The largest absolute Gasteiger partial charge is 0.507 e. The fourth-order valence-electron chi connectivity index (χ4n) is 1.68. The Labute approximate surface area is 101 Å². The lowest BCUT2D eigenvalue weighted by molar-refractivity contribution is 0.0974. The van der Waals surface area contributed by atoms with Gasteiger partial charge in [0.15, 0.2) is 5.78 Å². The predicted octanol–water partition coefficient (Wildman–Crippen LogP) is 2.87. The SMILES string of the molecule is CCCCCC(=O)c1c(O)cc(O)c(C)c1O. The number of carbonyl (C=O) groups excluding carboxylic acids is 1. The highest BCUT2D eigenvalue weighted by atomic mass is 16.3. The molecule has 0 unspecified atom stereocenters. The molecule has 0 saturated heterocycles. The first-order chi connectivity index (χ1) is 7.99. The number of ketones is 1. The van der Waals surface area contributed by atoms with Gasteiger partial charge in [0.1, 0.15) is 22.8 Å². The first-order valence-corrected chi connectivity index (χ1v) is 5.76. The van der Waals surface area contributed by atoms with E-state index in [2.05, 4.69) is 0 Å². The maximum absolute atomic E-state index is 11.8. The molecule has 0 amide bonds. The predicted molar refractivity (Wildman–Crippen MR) is 64.6 cm³/mol. The summed E-state index contributed by atoms with van der Waals surface area (Å²) < 4.78 is 0. The van der Waals surface area contributed by atoms with Crippen LogP contribution in [0.2, 0.25) is 0 Å². The van der Waals surface area contributed by atoms with Crippen LogP contribution in [0.25, 0.3) is 0 Å². The Morgan fingerprint density at radius 1 is 1.18 bits per heavy atom. The quantitative estimate of drug-likeness (QED) is 0.544. The van der Waals surface area contributed by atoms with Crippen molar-refractivity contribution in [2.24, 2.45) is 0 Å². The molecule has 4 heteroatoms. The normalized spacial score (nSPS) is 10.5. The summed E-state index contributed by atoms with van der Waals surface area (Å²) in [4.78, 5) is 11.8. The number of carbonyl (C=O) groups is 1. The Morgan fingerprint density at radius 3 is 2.41 bits per heavy atom. The zero-order valence-electron chi connectivity index (χ0n) is 10.2. The summed E-state index contributed by atoms with van der Waals surface area (Å²) in [5, 5.41) is 28.7.